The van der Waals surface area contributed by atoms with Gasteiger partial charge in [-0.2, -0.15) is 0 Å². The van der Waals surface area contributed by atoms with Gasteiger partial charge in [0.2, 0.25) is 5.91 Å². The lowest BCUT2D eigenvalue weighted by Gasteiger charge is -2.36. The first kappa shape index (κ1) is 21.4. The van der Waals surface area contributed by atoms with Crippen LogP contribution in [-0.4, -0.2) is 44.4 Å². The summed E-state index contributed by atoms with van der Waals surface area (Å²) < 4.78 is 27.5. The average Bonchev–Trinajstić information content (AvgIpc) is 3.21. The van der Waals surface area contributed by atoms with Crippen molar-refractivity contribution in [2.75, 3.05) is 18.4 Å². The van der Waals surface area contributed by atoms with E-state index in [4.69, 9.17) is 4.98 Å². The molecule has 0 bridgehead atoms. The molecule has 2 aromatic heterocycles. The Hall–Kier alpha value is -3.42. The largest absolute Gasteiger partial charge is 0.363 e. The molecule has 1 aromatic carbocycles. The third-order valence-corrected chi connectivity index (χ3v) is 6.82. The number of carbonyl (C=O) groups excluding carboxylic acids is 1. The monoisotopic (exact) mass is 449 g/mol. The van der Waals surface area contributed by atoms with E-state index in [9.17, 15) is 13.6 Å². The van der Waals surface area contributed by atoms with Crippen molar-refractivity contribution in [1.82, 2.24) is 19.9 Å². The van der Waals surface area contributed by atoms with E-state index in [1.807, 2.05) is 6.92 Å². The van der Waals surface area contributed by atoms with E-state index in [0.29, 0.717) is 18.9 Å². The van der Waals surface area contributed by atoms with Crippen molar-refractivity contribution in [3.05, 3.63) is 71.2 Å². The number of likely N-dealkylation sites (tertiary alicyclic amines) is 1. The molecule has 1 N–H and O–H groups in total. The molecule has 2 aliphatic rings. The molecular formula is C25H25F2N5O. The third-order valence-electron chi connectivity index (χ3n) is 6.82. The van der Waals surface area contributed by atoms with Crippen molar-refractivity contribution in [2.24, 2.45) is 0 Å². The Bertz CT molecular complexity index is 1220. The van der Waals surface area contributed by atoms with Gasteiger partial charge in [-0.3, -0.25) is 4.79 Å². The van der Waals surface area contributed by atoms with Gasteiger partial charge in [-0.15, -0.1) is 0 Å². The number of nitrogens with one attached hydrogen (secondary N) is 1. The smallest absolute Gasteiger partial charge is 0.230 e. The van der Waals surface area contributed by atoms with Gasteiger partial charge in [0.15, 0.2) is 5.82 Å². The lowest BCUT2D eigenvalue weighted by atomic mass is 9.86. The SMILES string of the molecule is Cc1nc2c(cc1-c1ncccn1)CC[C@@]1(CCN(C(=O)[C@H](C)c3ccc(F)cc3F)C1)N2. The molecule has 8 heteroatoms. The van der Waals surface area contributed by atoms with Crippen molar-refractivity contribution >= 4 is 11.7 Å². The van der Waals surface area contributed by atoms with Crippen LogP contribution in [-0.2, 0) is 11.2 Å². The van der Waals surface area contributed by atoms with Crippen molar-refractivity contribution in [2.45, 2.75) is 44.6 Å². The summed E-state index contributed by atoms with van der Waals surface area (Å²) in [5.41, 5.74) is 2.84. The molecule has 1 saturated heterocycles. The summed E-state index contributed by atoms with van der Waals surface area (Å²) in [5, 5.41) is 3.60. The first-order valence-electron chi connectivity index (χ1n) is 11.1. The highest BCUT2D eigenvalue weighted by Crippen LogP contribution is 2.38. The van der Waals surface area contributed by atoms with E-state index < -0.39 is 17.6 Å². The average molecular weight is 450 g/mol. The number of amides is 1. The highest BCUT2D eigenvalue weighted by Gasteiger charge is 2.43. The lowest BCUT2D eigenvalue weighted by Crippen LogP contribution is -2.46. The number of hydrogen-bond acceptors (Lipinski definition) is 5. The molecule has 5 rings (SSSR count). The number of benzene rings is 1. The second-order valence-electron chi connectivity index (χ2n) is 9.00. The van der Waals surface area contributed by atoms with Gasteiger partial charge in [0.05, 0.1) is 17.2 Å². The summed E-state index contributed by atoms with van der Waals surface area (Å²) in [6.45, 7) is 4.73. The Morgan fingerprint density at radius 1 is 1.18 bits per heavy atom. The maximum atomic E-state index is 14.2. The third kappa shape index (κ3) is 3.94. The number of anilines is 1. The standard InChI is InChI=1S/C25H25F2N5O/c1-15(19-5-4-18(26)13-21(19)27)24(33)32-11-8-25(14-32)7-6-17-12-20(16(2)30-22(17)31-25)23-28-9-3-10-29-23/h3-5,9-10,12-13,15H,6-8,11,14H2,1-2H3,(H,30,31)/t15-,25+/m1/s1. The first-order valence-corrected chi connectivity index (χ1v) is 11.1. The first-order chi connectivity index (χ1) is 15.8. The second-order valence-corrected chi connectivity index (χ2v) is 9.00. The summed E-state index contributed by atoms with van der Waals surface area (Å²) in [5.74, 6) is -0.662. The van der Waals surface area contributed by atoms with Gasteiger partial charge in [-0.05, 0) is 56.9 Å². The molecule has 1 fully saturated rings. The zero-order valence-electron chi connectivity index (χ0n) is 18.6. The minimum absolute atomic E-state index is 0.148. The van der Waals surface area contributed by atoms with Crippen LogP contribution in [0.5, 0.6) is 0 Å². The number of halogens is 2. The molecule has 6 nitrogen and oxygen atoms in total. The molecule has 3 aromatic rings. The van der Waals surface area contributed by atoms with Crippen molar-refractivity contribution in [3.8, 4) is 11.4 Å². The van der Waals surface area contributed by atoms with Gasteiger partial charge in [-0.25, -0.2) is 23.7 Å². The molecular weight excluding hydrogens is 424 g/mol. The summed E-state index contributed by atoms with van der Waals surface area (Å²) in [6.07, 6.45) is 5.93. The summed E-state index contributed by atoms with van der Waals surface area (Å²) in [6, 6.07) is 7.26. The van der Waals surface area contributed by atoms with Crippen LogP contribution in [0.1, 0.15) is 42.5 Å². The highest BCUT2D eigenvalue weighted by atomic mass is 19.1. The maximum Gasteiger partial charge on any atom is 0.230 e. The lowest BCUT2D eigenvalue weighted by molar-refractivity contribution is -0.131. The number of nitrogens with zero attached hydrogens (tertiary/aromatic N) is 4. The van der Waals surface area contributed by atoms with E-state index in [0.717, 1.165) is 48.0 Å². The van der Waals surface area contributed by atoms with Crippen LogP contribution in [0, 0.1) is 18.6 Å². The molecule has 4 heterocycles. The van der Waals surface area contributed by atoms with Crippen LogP contribution in [0.3, 0.4) is 0 Å². The van der Waals surface area contributed by atoms with Crippen molar-refractivity contribution in [3.63, 3.8) is 0 Å². The summed E-state index contributed by atoms with van der Waals surface area (Å²) in [4.78, 5) is 28.4. The van der Waals surface area contributed by atoms with Gasteiger partial charge in [0.1, 0.15) is 17.5 Å². The number of hydrogen-bond donors (Lipinski definition) is 1. The molecule has 0 radical (unpaired) electrons. The zero-order chi connectivity index (χ0) is 23.2. The van der Waals surface area contributed by atoms with Gasteiger partial charge < -0.3 is 10.2 Å². The molecule has 1 spiro atoms. The molecule has 33 heavy (non-hydrogen) atoms. The van der Waals surface area contributed by atoms with Crippen LogP contribution in [0.25, 0.3) is 11.4 Å². The Labute approximate surface area is 191 Å². The fourth-order valence-corrected chi connectivity index (χ4v) is 4.92. The molecule has 0 aliphatic carbocycles. The van der Waals surface area contributed by atoms with Crippen LogP contribution < -0.4 is 5.32 Å². The molecule has 1 amide bonds. The summed E-state index contributed by atoms with van der Waals surface area (Å²) >= 11 is 0. The number of pyridine rings is 1. The minimum Gasteiger partial charge on any atom is -0.363 e. The van der Waals surface area contributed by atoms with Crippen molar-refractivity contribution < 1.29 is 13.6 Å². The van der Waals surface area contributed by atoms with Gasteiger partial charge in [-0.1, -0.05) is 6.07 Å². The topological polar surface area (TPSA) is 71.0 Å². The van der Waals surface area contributed by atoms with E-state index in [1.54, 1.807) is 30.3 Å². The maximum absolute atomic E-state index is 14.2. The second kappa shape index (κ2) is 8.17. The zero-order valence-corrected chi connectivity index (χ0v) is 18.6. The molecule has 0 saturated carbocycles. The normalized spacial score (nSPS) is 20.4. The van der Waals surface area contributed by atoms with Crippen LogP contribution in [0.2, 0.25) is 0 Å². The van der Waals surface area contributed by atoms with Gasteiger partial charge >= 0.3 is 0 Å². The van der Waals surface area contributed by atoms with Crippen LogP contribution in [0.4, 0.5) is 14.6 Å². The Morgan fingerprint density at radius 2 is 1.97 bits per heavy atom. The van der Waals surface area contributed by atoms with E-state index >= 15 is 0 Å². The van der Waals surface area contributed by atoms with E-state index in [-0.39, 0.29) is 17.0 Å². The van der Waals surface area contributed by atoms with E-state index in [1.165, 1.54) is 12.1 Å². The molecule has 0 unspecified atom stereocenters. The molecule has 2 atom stereocenters. The fourth-order valence-electron chi connectivity index (χ4n) is 4.92. The number of fused-ring (bicyclic) bond motifs is 1. The molecule has 2 aliphatic heterocycles. The van der Waals surface area contributed by atoms with Gasteiger partial charge in [0.25, 0.3) is 0 Å². The Balaban J connectivity index is 1.33. The number of aryl methyl sites for hydroxylation is 2. The quantitative estimate of drug-likeness (QED) is 0.647. The van der Waals surface area contributed by atoms with Gasteiger partial charge in [0, 0.05) is 42.7 Å². The van der Waals surface area contributed by atoms with Crippen LogP contribution >= 0.6 is 0 Å². The predicted molar refractivity (Wildman–Crippen MR) is 121 cm³/mol. The van der Waals surface area contributed by atoms with Crippen LogP contribution in [0.15, 0.2) is 42.7 Å². The Morgan fingerprint density at radius 3 is 2.73 bits per heavy atom. The number of carbonyl (C=O) groups is 1. The number of rotatable bonds is 3. The Kier molecular flexibility index (Phi) is 5.31. The predicted octanol–water partition coefficient (Wildman–Crippen LogP) is 4.26. The minimum atomic E-state index is -0.688. The summed E-state index contributed by atoms with van der Waals surface area (Å²) in [7, 11) is 0. The highest BCUT2D eigenvalue weighted by molar-refractivity contribution is 5.84. The molecule has 170 valence electrons. The van der Waals surface area contributed by atoms with Crippen molar-refractivity contribution in [1.29, 1.82) is 0 Å². The number of aromatic nitrogens is 3. The fraction of sp³-hybridized carbons (Fsp3) is 0.360. The van der Waals surface area contributed by atoms with E-state index in [2.05, 4.69) is 21.4 Å².